The number of hydrogen-bond donors (Lipinski definition) is 1. The monoisotopic (exact) mass is 555 g/mol. The van der Waals surface area contributed by atoms with Crippen molar-refractivity contribution in [1.29, 1.82) is 0 Å². The number of aliphatic carboxylic acids is 1. The molecule has 4 aromatic rings. The minimum absolute atomic E-state index is 0.0583. The van der Waals surface area contributed by atoms with Gasteiger partial charge in [0.25, 0.3) is 0 Å². The molecule has 1 N–H and O–H groups in total. The Morgan fingerprint density at radius 3 is 2.70 bits per heavy atom. The van der Waals surface area contributed by atoms with Gasteiger partial charge >= 0.3 is 5.97 Å². The second-order valence-electron chi connectivity index (χ2n) is 10.1. The van der Waals surface area contributed by atoms with Crippen LogP contribution in [0.25, 0.3) is 21.2 Å². The van der Waals surface area contributed by atoms with E-state index in [2.05, 4.69) is 65.5 Å². The van der Waals surface area contributed by atoms with Gasteiger partial charge in [-0.25, -0.2) is 4.98 Å². The fourth-order valence-electron chi connectivity index (χ4n) is 4.97. The van der Waals surface area contributed by atoms with E-state index in [9.17, 15) is 4.79 Å². The lowest BCUT2D eigenvalue weighted by molar-refractivity contribution is -0.137. The van der Waals surface area contributed by atoms with Gasteiger partial charge in [0.15, 0.2) is 0 Å². The quantitative estimate of drug-likeness (QED) is 0.208. The molecule has 0 radical (unpaired) electrons. The molecule has 1 fully saturated rings. The van der Waals surface area contributed by atoms with Crippen molar-refractivity contribution in [3.63, 3.8) is 0 Å². The van der Waals surface area contributed by atoms with Crippen LogP contribution in [0.5, 0.6) is 11.6 Å². The lowest BCUT2D eigenvalue weighted by Crippen LogP contribution is -2.21. The molecule has 1 aliphatic heterocycles. The van der Waals surface area contributed by atoms with Crippen LogP contribution in [0.3, 0.4) is 0 Å². The number of aryl methyl sites for hydroxylation is 1. The van der Waals surface area contributed by atoms with Gasteiger partial charge in [-0.2, -0.15) is 0 Å². The van der Waals surface area contributed by atoms with Crippen LogP contribution in [-0.4, -0.2) is 35.9 Å². The first-order valence-corrected chi connectivity index (χ1v) is 14.4. The Morgan fingerprint density at radius 1 is 1.12 bits per heavy atom. The molecule has 1 saturated heterocycles. The van der Waals surface area contributed by atoms with Crippen LogP contribution in [0.4, 0.5) is 0 Å². The summed E-state index contributed by atoms with van der Waals surface area (Å²) in [5.41, 5.74) is 5.41. The van der Waals surface area contributed by atoms with Gasteiger partial charge in [0.05, 0.1) is 18.9 Å². The maximum Gasteiger partial charge on any atom is 0.304 e. The molecular formula is C33H33NO5S. The smallest absolute Gasteiger partial charge is 0.304 e. The number of fused-ring (bicyclic) bond motifs is 1. The summed E-state index contributed by atoms with van der Waals surface area (Å²) < 4.78 is 18.8. The molecule has 0 bridgehead atoms. The molecule has 7 heteroatoms. The van der Waals surface area contributed by atoms with Gasteiger partial charge in [0.1, 0.15) is 12.4 Å². The van der Waals surface area contributed by atoms with E-state index in [-0.39, 0.29) is 12.3 Å². The van der Waals surface area contributed by atoms with E-state index in [4.69, 9.17) is 19.3 Å². The zero-order valence-electron chi connectivity index (χ0n) is 22.8. The topological polar surface area (TPSA) is 77.9 Å². The summed E-state index contributed by atoms with van der Waals surface area (Å²) in [6.07, 6.45) is 3.71. The second-order valence-corrected chi connectivity index (χ2v) is 11.0. The van der Waals surface area contributed by atoms with E-state index in [1.54, 1.807) is 30.5 Å². The van der Waals surface area contributed by atoms with Gasteiger partial charge in [0, 0.05) is 41.1 Å². The average molecular weight is 556 g/mol. The molecule has 3 heterocycles. The largest absolute Gasteiger partial charge is 0.493 e. The van der Waals surface area contributed by atoms with Gasteiger partial charge < -0.3 is 19.3 Å². The minimum atomic E-state index is -0.888. The Morgan fingerprint density at radius 2 is 1.98 bits per heavy atom. The SMILES string of the molecule is CC#CC(CC(=O)O)c1ccc(OCc2ccc3scc(-c4ccc(OCC5CCOCC5)cc4C)c3c2)nc1. The highest BCUT2D eigenvalue weighted by Gasteiger charge is 2.16. The number of hydrogen-bond acceptors (Lipinski definition) is 6. The van der Waals surface area contributed by atoms with Crippen molar-refractivity contribution in [3.8, 4) is 34.6 Å². The molecule has 0 spiro atoms. The van der Waals surface area contributed by atoms with Crippen molar-refractivity contribution in [2.24, 2.45) is 5.92 Å². The van der Waals surface area contributed by atoms with E-state index >= 15 is 0 Å². The van der Waals surface area contributed by atoms with Gasteiger partial charge in [-0.1, -0.05) is 24.1 Å². The summed E-state index contributed by atoms with van der Waals surface area (Å²) >= 11 is 1.74. The van der Waals surface area contributed by atoms with Gasteiger partial charge in [-0.15, -0.1) is 17.3 Å². The number of nitrogens with zero attached hydrogens (tertiary/aromatic N) is 1. The van der Waals surface area contributed by atoms with Crippen LogP contribution >= 0.6 is 11.3 Å². The number of benzene rings is 2. The third kappa shape index (κ3) is 6.82. The number of aromatic nitrogens is 1. The molecule has 1 aliphatic rings. The third-order valence-corrected chi connectivity index (χ3v) is 8.16. The molecule has 1 atom stereocenters. The molecule has 6 nitrogen and oxygen atoms in total. The number of thiophene rings is 1. The van der Waals surface area contributed by atoms with E-state index in [1.807, 2.05) is 6.07 Å². The molecular weight excluding hydrogens is 522 g/mol. The maximum atomic E-state index is 11.2. The van der Waals surface area contributed by atoms with E-state index in [1.165, 1.54) is 26.8 Å². The number of ether oxygens (including phenoxy) is 3. The van der Waals surface area contributed by atoms with E-state index in [0.29, 0.717) is 18.4 Å². The zero-order valence-corrected chi connectivity index (χ0v) is 23.6. The number of carbonyl (C=O) groups is 1. The van der Waals surface area contributed by atoms with Crippen molar-refractivity contribution in [2.75, 3.05) is 19.8 Å². The van der Waals surface area contributed by atoms with E-state index in [0.717, 1.165) is 49.5 Å². The summed E-state index contributed by atoms with van der Waals surface area (Å²) in [4.78, 5) is 15.6. The highest BCUT2D eigenvalue weighted by atomic mass is 32.1. The first-order chi connectivity index (χ1) is 19.5. The molecule has 5 rings (SSSR count). The maximum absolute atomic E-state index is 11.2. The molecule has 206 valence electrons. The second kappa shape index (κ2) is 13.0. The lowest BCUT2D eigenvalue weighted by Gasteiger charge is -2.22. The molecule has 2 aromatic heterocycles. The van der Waals surface area contributed by atoms with Crippen molar-refractivity contribution in [3.05, 3.63) is 76.8 Å². The van der Waals surface area contributed by atoms with Crippen LogP contribution in [0.15, 0.2) is 60.1 Å². The normalized spacial score (nSPS) is 14.3. The van der Waals surface area contributed by atoms with Gasteiger partial charge in [0.2, 0.25) is 5.88 Å². The lowest BCUT2D eigenvalue weighted by atomic mass is 9.98. The molecule has 2 aromatic carbocycles. The van der Waals surface area contributed by atoms with E-state index < -0.39 is 5.97 Å². The summed E-state index contributed by atoms with van der Waals surface area (Å²) in [7, 11) is 0. The summed E-state index contributed by atoms with van der Waals surface area (Å²) in [5.74, 6) is 6.43. The Kier molecular flexibility index (Phi) is 9.00. The Balaban J connectivity index is 1.26. The van der Waals surface area contributed by atoms with Crippen LogP contribution in [-0.2, 0) is 16.1 Å². The predicted molar refractivity (Wildman–Crippen MR) is 158 cm³/mol. The van der Waals surface area contributed by atoms with Crippen molar-refractivity contribution < 1.29 is 24.1 Å². The van der Waals surface area contributed by atoms with Gasteiger partial charge in [-0.05, 0) is 84.5 Å². The number of carboxylic acid groups (broad SMARTS) is 1. The highest BCUT2D eigenvalue weighted by molar-refractivity contribution is 7.17. The third-order valence-electron chi connectivity index (χ3n) is 7.20. The Bertz CT molecular complexity index is 1530. The number of pyridine rings is 1. The van der Waals surface area contributed by atoms with Crippen molar-refractivity contribution in [2.45, 2.75) is 45.6 Å². The molecule has 40 heavy (non-hydrogen) atoms. The van der Waals surface area contributed by atoms with Crippen molar-refractivity contribution in [1.82, 2.24) is 4.98 Å². The fourth-order valence-corrected chi connectivity index (χ4v) is 5.91. The Labute approximate surface area is 238 Å². The molecule has 0 aliphatic carbocycles. The number of rotatable bonds is 10. The van der Waals surface area contributed by atoms with Gasteiger partial charge in [-0.3, -0.25) is 4.79 Å². The van der Waals surface area contributed by atoms with Crippen LogP contribution in [0, 0.1) is 24.7 Å². The minimum Gasteiger partial charge on any atom is -0.493 e. The molecule has 0 amide bonds. The molecule has 1 unspecified atom stereocenters. The predicted octanol–water partition coefficient (Wildman–Crippen LogP) is 7.24. The Hall–Kier alpha value is -3.86. The first kappa shape index (κ1) is 27.7. The fraction of sp³-hybridized carbons (Fsp3) is 0.333. The summed E-state index contributed by atoms with van der Waals surface area (Å²) in [6.45, 7) is 6.61. The first-order valence-electron chi connectivity index (χ1n) is 13.5. The average Bonchev–Trinajstić information content (AvgIpc) is 3.38. The highest BCUT2D eigenvalue weighted by Crippen LogP contribution is 2.37. The van der Waals surface area contributed by atoms with Crippen LogP contribution < -0.4 is 9.47 Å². The summed E-state index contributed by atoms with van der Waals surface area (Å²) in [6, 6.07) is 16.4. The van der Waals surface area contributed by atoms with Crippen LogP contribution in [0.1, 0.15) is 48.8 Å². The molecule has 0 saturated carbocycles. The zero-order chi connectivity index (χ0) is 27.9. The summed E-state index contributed by atoms with van der Waals surface area (Å²) in [5, 5.41) is 12.6. The standard InChI is InChI=1S/C33H33NO5S/c1-3-4-25(17-33(35)36)26-6-10-32(34-18-26)39-20-24-5-9-31-29(16-24)30(21-40-31)28-8-7-27(15-22(28)2)38-19-23-11-13-37-14-12-23/h5-10,15-16,18,21,23,25H,11-14,17,19-20H2,1-2H3,(H,35,36). The van der Waals surface area contributed by atoms with Crippen LogP contribution in [0.2, 0.25) is 0 Å². The number of carboxylic acids is 1. The van der Waals surface area contributed by atoms with Crippen molar-refractivity contribution >= 4 is 27.4 Å².